The number of ether oxygens (including phenoxy) is 1. The van der Waals surface area contributed by atoms with Crippen LogP contribution in [-0.2, 0) is 6.54 Å². The Labute approximate surface area is 210 Å². The lowest BCUT2D eigenvalue weighted by molar-refractivity contribution is 0.0716. The summed E-state index contributed by atoms with van der Waals surface area (Å²) in [5.41, 5.74) is 5.12. The first-order chi connectivity index (χ1) is 17.3. The summed E-state index contributed by atoms with van der Waals surface area (Å²) in [6.07, 6.45) is 2.56. The van der Waals surface area contributed by atoms with Crippen molar-refractivity contribution in [2.75, 3.05) is 6.61 Å². The van der Waals surface area contributed by atoms with Crippen molar-refractivity contribution in [1.82, 2.24) is 15.1 Å². The molecule has 4 aromatic rings. The Morgan fingerprint density at radius 1 is 1.17 bits per heavy atom. The zero-order valence-electron chi connectivity index (χ0n) is 21.0. The topological polar surface area (TPSA) is 91.6 Å². The van der Waals surface area contributed by atoms with E-state index in [0.29, 0.717) is 41.8 Å². The smallest absolute Gasteiger partial charge is 0.273 e. The number of hydrogen-bond donors (Lipinski definition) is 2. The van der Waals surface area contributed by atoms with Crippen LogP contribution in [0, 0.1) is 19.8 Å². The lowest BCUT2D eigenvalue weighted by atomic mass is 9.93. The third-order valence-corrected chi connectivity index (χ3v) is 6.60. The van der Waals surface area contributed by atoms with Gasteiger partial charge in [-0.1, -0.05) is 32.0 Å². The summed E-state index contributed by atoms with van der Waals surface area (Å²) >= 11 is 0. The van der Waals surface area contributed by atoms with Crippen LogP contribution in [0.5, 0.6) is 11.5 Å². The van der Waals surface area contributed by atoms with Gasteiger partial charge in [0, 0.05) is 11.1 Å². The van der Waals surface area contributed by atoms with E-state index in [2.05, 4.69) is 24.0 Å². The fraction of sp³-hybridized carbons (Fsp3) is 0.310. The molecule has 1 atom stereocenters. The molecule has 0 saturated heterocycles. The molecule has 1 amide bonds. The van der Waals surface area contributed by atoms with Crippen molar-refractivity contribution in [2.24, 2.45) is 5.92 Å². The third-order valence-electron chi connectivity index (χ3n) is 6.60. The molecule has 3 heterocycles. The van der Waals surface area contributed by atoms with Crippen molar-refractivity contribution in [3.63, 3.8) is 0 Å². The maximum Gasteiger partial charge on any atom is 0.273 e. The SMILES string of the molecule is Cc1cc(C)c(-c2n[nH]c3c2C(c2cccc(OCCC(C)C)c2)N(Cc2ccco2)C3=O)c(O)c1. The minimum absolute atomic E-state index is 0.142. The number of aromatic nitrogens is 2. The molecular weight excluding hydrogens is 454 g/mol. The molecule has 0 spiro atoms. The molecule has 7 nitrogen and oxygen atoms in total. The number of carbonyl (C=O) groups excluding carboxylic acids is 1. The lowest BCUT2D eigenvalue weighted by Gasteiger charge is -2.26. The molecule has 2 aromatic carbocycles. The normalized spacial score (nSPS) is 15.1. The number of amides is 1. The van der Waals surface area contributed by atoms with Gasteiger partial charge < -0.3 is 19.2 Å². The molecule has 1 aliphatic heterocycles. The zero-order chi connectivity index (χ0) is 25.4. The number of aromatic amines is 1. The summed E-state index contributed by atoms with van der Waals surface area (Å²) < 4.78 is 11.6. The van der Waals surface area contributed by atoms with Crippen LogP contribution in [0.2, 0.25) is 0 Å². The summed E-state index contributed by atoms with van der Waals surface area (Å²) in [6.45, 7) is 9.14. The average Bonchev–Trinajstić information content (AvgIpc) is 3.53. The van der Waals surface area contributed by atoms with E-state index in [9.17, 15) is 9.90 Å². The molecule has 7 heteroatoms. The molecule has 0 fully saturated rings. The van der Waals surface area contributed by atoms with Crippen LogP contribution in [0.3, 0.4) is 0 Å². The van der Waals surface area contributed by atoms with Gasteiger partial charge in [-0.15, -0.1) is 0 Å². The van der Waals surface area contributed by atoms with Crippen molar-refractivity contribution in [3.8, 4) is 22.8 Å². The van der Waals surface area contributed by atoms with Crippen molar-refractivity contribution >= 4 is 5.91 Å². The fourth-order valence-corrected chi connectivity index (χ4v) is 4.91. The Kier molecular flexibility index (Phi) is 6.31. The van der Waals surface area contributed by atoms with E-state index in [1.807, 2.05) is 56.3 Å². The van der Waals surface area contributed by atoms with Crippen LogP contribution in [0.1, 0.15) is 64.8 Å². The molecule has 0 bridgehead atoms. The van der Waals surface area contributed by atoms with E-state index < -0.39 is 6.04 Å². The molecule has 186 valence electrons. The molecule has 1 unspecified atom stereocenters. The maximum absolute atomic E-state index is 13.6. The minimum Gasteiger partial charge on any atom is -0.507 e. The summed E-state index contributed by atoms with van der Waals surface area (Å²) in [6, 6.07) is 14.8. The Balaban J connectivity index is 1.61. The molecule has 5 rings (SSSR count). The van der Waals surface area contributed by atoms with Gasteiger partial charge >= 0.3 is 0 Å². The second-order valence-electron chi connectivity index (χ2n) is 9.86. The van der Waals surface area contributed by atoms with Gasteiger partial charge in [0.15, 0.2) is 0 Å². The van der Waals surface area contributed by atoms with E-state index in [-0.39, 0.29) is 11.7 Å². The number of hydrogen-bond acceptors (Lipinski definition) is 5. The van der Waals surface area contributed by atoms with E-state index in [1.165, 1.54) is 0 Å². The molecular formula is C29H31N3O4. The summed E-state index contributed by atoms with van der Waals surface area (Å²) in [4.78, 5) is 15.4. The summed E-state index contributed by atoms with van der Waals surface area (Å²) in [7, 11) is 0. The van der Waals surface area contributed by atoms with Crippen molar-refractivity contribution in [2.45, 2.75) is 46.7 Å². The third kappa shape index (κ3) is 4.37. The Hall–Kier alpha value is -4.00. The predicted molar refractivity (Wildman–Crippen MR) is 137 cm³/mol. The minimum atomic E-state index is -0.430. The summed E-state index contributed by atoms with van der Waals surface area (Å²) in [5, 5.41) is 18.4. The Morgan fingerprint density at radius 2 is 2.00 bits per heavy atom. The highest BCUT2D eigenvalue weighted by Gasteiger charge is 2.43. The Morgan fingerprint density at radius 3 is 2.72 bits per heavy atom. The van der Waals surface area contributed by atoms with Gasteiger partial charge in [0.05, 0.1) is 25.5 Å². The van der Waals surface area contributed by atoms with Crippen LogP contribution in [-0.4, -0.2) is 32.7 Å². The first-order valence-electron chi connectivity index (χ1n) is 12.3. The van der Waals surface area contributed by atoms with Crippen LogP contribution in [0.4, 0.5) is 0 Å². The number of H-pyrrole nitrogens is 1. The number of furan rings is 1. The van der Waals surface area contributed by atoms with Crippen LogP contribution < -0.4 is 4.74 Å². The largest absolute Gasteiger partial charge is 0.507 e. The number of phenols is 1. The number of nitrogens with zero attached hydrogens (tertiary/aromatic N) is 2. The van der Waals surface area contributed by atoms with Crippen LogP contribution in [0.15, 0.2) is 59.2 Å². The monoisotopic (exact) mass is 485 g/mol. The molecule has 0 aliphatic carbocycles. The second-order valence-corrected chi connectivity index (χ2v) is 9.86. The Bertz CT molecular complexity index is 1360. The standard InChI is InChI=1S/C29H31N3O4/c1-17(2)10-12-36-21-8-5-7-20(15-21)28-25-26(24-19(4)13-18(3)14-23(24)33)30-31-27(25)29(34)32(28)16-22-9-6-11-35-22/h5-9,11,13-15,17,28,33H,10,12,16H2,1-4H3,(H,30,31). The predicted octanol–water partition coefficient (Wildman–Crippen LogP) is 6.16. The van der Waals surface area contributed by atoms with Gasteiger partial charge in [-0.2, -0.15) is 5.10 Å². The lowest BCUT2D eigenvalue weighted by Crippen LogP contribution is -2.29. The summed E-state index contributed by atoms with van der Waals surface area (Å²) in [5.74, 6) is 1.97. The van der Waals surface area contributed by atoms with Gasteiger partial charge in [-0.3, -0.25) is 9.89 Å². The van der Waals surface area contributed by atoms with E-state index in [0.717, 1.165) is 34.4 Å². The number of carbonyl (C=O) groups is 1. The van der Waals surface area contributed by atoms with Crippen LogP contribution >= 0.6 is 0 Å². The second kappa shape index (κ2) is 9.57. The van der Waals surface area contributed by atoms with E-state index in [4.69, 9.17) is 9.15 Å². The number of aryl methyl sites for hydroxylation is 2. The van der Waals surface area contributed by atoms with Gasteiger partial charge in [0.25, 0.3) is 5.91 Å². The maximum atomic E-state index is 13.6. The molecule has 2 N–H and O–H groups in total. The van der Waals surface area contributed by atoms with E-state index >= 15 is 0 Å². The molecule has 0 saturated carbocycles. The first-order valence-corrected chi connectivity index (χ1v) is 12.3. The highest BCUT2D eigenvalue weighted by molar-refractivity contribution is 6.00. The first kappa shape index (κ1) is 23.7. The number of benzene rings is 2. The quantitative estimate of drug-likeness (QED) is 0.312. The van der Waals surface area contributed by atoms with E-state index in [1.54, 1.807) is 17.2 Å². The van der Waals surface area contributed by atoms with Crippen molar-refractivity contribution < 1.29 is 19.1 Å². The zero-order valence-corrected chi connectivity index (χ0v) is 21.0. The fourth-order valence-electron chi connectivity index (χ4n) is 4.91. The number of rotatable bonds is 8. The number of fused-ring (bicyclic) bond motifs is 1. The van der Waals surface area contributed by atoms with Gasteiger partial charge in [-0.05, 0) is 73.2 Å². The molecule has 1 aliphatic rings. The highest BCUT2D eigenvalue weighted by atomic mass is 16.5. The number of nitrogens with one attached hydrogen (secondary N) is 1. The van der Waals surface area contributed by atoms with Gasteiger partial charge in [-0.25, -0.2) is 0 Å². The number of aromatic hydroxyl groups is 1. The van der Waals surface area contributed by atoms with Crippen LogP contribution in [0.25, 0.3) is 11.3 Å². The van der Waals surface area contributed by atoms with Crippen molar-refractivity contribution in [1.29, 1.82) is 0 Å². The van der Waals surface area contributed by atoms with Gasteiger partial charge in [0.2, 0.25) is 0 Å². The number of phenolic OH excluding ortho intramolecular Hbond substituents is 1. The highest BCUT2D eigenvalue weighted by Crippen LogP contribution is 2.46. The molecule has 0 radical (unpaired) electrons. The van der Waals surface area contributed by atoms with Gasteiger partial charge in [0.1, 0.15) is 28.6 Å². The molecule has 36 heavy (non-hydrogen) atoms. The van der Waals surface area contributed by atoms with Crippen molar-refractivity contribution in [3.05, 3.63) is 88.5 Å². The molecule has 2 aromatic heterocycles. The average molecular weight is 486 g/mol.